The van der Waals surface area contributed by atoms with Crippen molar-refractivity contribution in [1.82, 2.24) is 9.80 Å². The summed E-state index contributed by atoms with van der Waals surface area (Å²) in [4.78, 5) is 34.1. The largest absolute Gasteiger partial charge is 0.373 e. The molecule has 1 atom stereocenters. The zero-order valence-electron chi connectivity index (χ0n) is 20.4. The summed E-state index contributed by atoms with van der Waals surface area (Å²) in [6.07, 6.45) is 4.77. The Bertz CT molecular complexity index is 1070. The van der Waals surface area contributed by atoms with Crippen LogP contribution < -0.4 is 9.80 Å². The fourth-order valence-corrected chi connectivity index (χ4v) is 5.36. The molecule has 5 rings (SSSR count). The van der Waals surface area contributed by atoms with Crippen LogP contribution in [0.3, 0.4) is 0 Å². The average molecular weight is 475 g/mol. The van der Waals surface area contributed by atoms with Gasteiger partial charge in [-0.05, 0) is 23.8 Å². The van der Waals surface area contributed by atoms with Crippen molar-refractivity contribution in [2.24, 2.45) is 0 Å². The van der Waals surface area contributed by atoms with Crippen molar-refractivity contribution < 1.29 is 14.3 Å². The second kappa shape index (κ2) is 10.5. The minimum Gasteiger partial charge on any atom is -0.373 e. The lowest BCUT2D eigenvalue weighted by Crippen LogP contribution is -2.50. The number of ether oxygens (including phenoxy) is 1. The fourth-order valence-electron chi connectivity index (χ4n) is 5.36. The first-order chi connectivity index (χ1) is 17.1. The van der Waals surface area contributed by atoms with Gasteiger partial charge in [0, 0.05) is 89.2 Å². The maximum Gasteiger partial charge on any atom is 0.223 e. The summed E-state index contributed by atoms with van der Waals surface area (Å²) in [5.74, 6) is 0.165. The van der Waals surface area contributed by atoms with Gasteiger partial charge in [0.25, 0.3) is 0 Å². The van der Waals surface area contributed by atoms with Crippen molar-refractivity contribution in [3.63, 3.8) is 0 Å². The highest BCUT2D eigenvalue weighted by atomic mass is 16.5. The molecule has 2 aromatic rings. The Morgan fingerprint density at radius 3 is 1.97 bits per heavy atom. The molecule has 7 nitrogen and oxygen atoms in total. The Morgan fingerprint density at radius 2 is 1.37 bits per heavy atom. The van der Waals surface area contributed by atoms with Crippen LogP contribution in [0.4, 0.5) is 11.4 Å². The number of para-hydroxylation sites is 1. The summed E-state index contributed by atoms with van der Waals surface area (Å²) in [6, 6.07) is 16.7. The molecule has 35 heavy (non-hydrogen) atoms. The summed E-state index contributed by atoms with van der Waals surface area (Å²) in [5.41, 5.74) is 4.81. The van der Waals surface area contributed by atoms with Gasteiger partial charge in [0.1, 0.15) is 6.10 Å². The molecular formula is C28H34N4O3. The van der Waals surface area contributed by atoms with Crippen LogP contribution >= 0.6 is 0 Å². The van der Waals surface area contributed by atoms with Gasteiger partial charge in [-0.15, -0.1) is 0 Å². The number of amides is 2. The van der Waals surface area contributed by atoms with E-state index < -0.39 is 0 Å². The standard InChI is InChI=1S/C28H34N4O3/c1-35-25-11-10-22-6-5-9-24(28(22)25)30-16-20-32(21-17-30)27(34)13-12-26(33)31-18-14-29(15-19-31)23-7-3-2-4-8-23/h2-11,25H,12-21H2,1H3. The van der Waals surface area contributed by atoms with Gasteiger partial charge < -0.3 is 24.3 Å². The quantitative estimate of drug-likeness (QED) is 0.644. The van der Waals surface area contributed by atoms with Gasteiger partial charge in [-0.3, -0.25) is 9.59 Å². The predicted molar refractivity (Wildman–Crippen MR) is 138 cm³/mol. The van der Waals surface area contributed by atoms with Gasteiger partial charge >= 0.3 is 0 Å². The molecule has 1 unspecified atom stereocenters. The molecule has 2 heterocycles. The third-order valence-corrected chi connectivity index (χ3v) is 7.39. The highest BCUT2D eigenvalue weighted by Gasteiger charge is 2.28. The Kier molecular flexibility index (Phi) is 7.04. The first-order valence-corrected chi connectivity index (χ1v) is 12.6. The number of hydrogen-bond donors (Lipinski definition) is 0. The fraction of sp³-hybridized carbons (Fsp3) is 0.429. The Labute approximate surface area is 207 Å². The van der Waals surface area contributed by atoms with Crippen LogP contribution in [0.5, 0.6) is 0 Å². The third-order valence-electron chi connectivity index (χ3n) is 7.39. The van der Waals surface area contributed by atoms with Crippen molar-refractivity contribution >= 4 is 29.3 Å². The van der Waals surface area contributed by atoms with E-state index >= 15 is 0 Å². The van der Waals surface area contributed by atoms with Crippen molar-refractivity contribution in [3.8, 4) is 0 Å². The Morgan fingerprint density at radius 1 is 0.771 bits per heavy atom. The van der Waals surface area contributed by atoms with E-state index in [1.807, 2.05) is 28.0 Å². The molecule has 0 bridgehead atoms. The van der Waals surface area contributed by atoms with Crippen molar-refractivity contribution in [3.05, 3.63) is 65.7 Å². The molecule has 2 saturated heterocycles. The molecule has 0 radical (unpaired) electrons. The summed E-state index contributed by atoms with van der Waals surface area (Å²) in [6.45, 7) is 6.00. The van der Waals surface area contributed by atoms with Gasteiger partial charge in [-0.25, -0.2) is 0 Å². The number of benzene rings is 2. The molecule has 184 valence electrons. The number of fused-ring (bicyclic) bond motifs is 1. The normalized spacial score (nSPS) is 19.7. The van der Waals surface area contributed by atoms with Crippen LogP contribution in [0.2, 0.25) is 0 Å². The van der Waals surface area contributed by atoms with Gasteiger partial charge in [0.05, 0.1) is 0 Å². The number of carbonyl (C=O) groups is 2. The number of piperazine rings is 2. The summed E-state index contributed by atoms with van der Waals surface area (Å²) in [7, 11) is 1.74. The van der Waals surface area contributed by atoms with Gasteiger partial charge in [0.15, 0.2) is 0 Å². The molecule has 2 aromatic carbocycles. The molecule has 2 amide bonds. The van der Waals surface area contributed by atoms with E-state index in [-0.39, 0.29) is 30.8 Å². The van der Waals surface area contributed by atoms with E-state index in [0.717, 1.165) is 26.2 Å². The Hall–Kier alpha value is -3.32. The number of hydrogen-bond acceptors (Lipinski definition) is 5. The summed E-state index contributed by atoms with van der Waals surface area (Å²) < 4.78 is 5.64. The summed E-state index contributed by atoms with van der Waals surface area (Å²) >= 11 is 0. The van der Waals surface area contributed by atoms with E-state index in [4.69, 9.17) is 4.74 Å². The van der Waals surface area contributed by atoms with Crippen molar-refractivity contribution in [1.29, 1.82) is 0 Å². The molecule has 0 N–H and O–H groups in total. The van der Waals surface area contributed by atoms with E-state index in [0.29, 0.717) is 26.2 Å². The maximum atomic E-state index is 12.8. The van der Waals surface area contributed by atoms with E-state index in [1.54, 1.807) is 7.11 Å². The monoisotopic (exact) mass is 474 g/mol. The van der Waals surface area contributed by atoms with Crippen LogP contribution in [0.15, 0.2) is 54.6 Å². The lowest BCUT2D eigenvalue weighted by atomic mass is 10.0. The smallest absolute Gasteiger partial charge is 0.223 e. The van der Waals surface area contributed by atoms with E-state index in [2.05, 4.69) is 52.3 Å². The minimum atomic E-state index is -0.0126. The first-order valence-electron chi connectivity index (χ1n) is 12.6. The Balaban J connectivity index is 1.08. The van der Waals surface area contributed by atoms with Crippen LogP contribution in [0.1, 0.15) is 30.1 Å². The molecule has 2 fully saturated rings. The second-order valence-corrected chi connectivity index (χ2v) is 9.37. The van der Waals surface area contributed by atoms with Gasteiger partial charge in [-0.1, -0.05) is 42.5 Å². The molecular weight excluding hydrogens is 440 g/mol. The van der Waals surface area contributed by atoms with Crippen LogP contribution in [0.25, 0.3) is 6.08 Å². The highest BCUT2D eigenvalue weighted by Crippen LogP contribution is 2.38. The topological polar surface area (TPSA) is 56.3 Å². The van der Waals surface area contributed by atoms with E-state index in [1.165, 1.54) is 22.5 Å². The number of carbonyl (C=O) groups excluding carboxylic acids is 2. The highest BCUT2D eigenvalue weighted by molar-refractivity contribution is 5.84. The van der Waals surface area contributed by atoms with Crippen LogP contribution in [-0.2, 0) is 14.3 Å². The van der Waals surface area contributed by atoms with Crippen molar-refractivity contribution in [2.45, 2.75) is 18.9 Å². The minimum absolute atomic E-state index is 0.0126. The number of methoxy groups -OCH3 is 1. The number of anilines is 2. The first kappa shape index (κ1) is 23.4. The lowest BCUT2D eigenvalue weighted by molar-refractivity contribution is -0.137. The molecule has 0 aromatic heterocycles. The third kappa shape index (κ3) is 5.05. The van der Waals surface area contributed by atoms with Crippen LogP contribution in [0, 0.1) is 0 Å². The number of nitrogens with zero attached hydrogens (tertiary/aromatic N) is 4. The molecule has 0 spiro atoms. The predicted octanol–water partition coefficient (Wildman–Crippen LogP) is 3.18. The SMILES string of the molecule is COC1C=Cc2cccc(N3CCN(C(=O)CCC(=O)N4CCN(c5ccccc5)CC4)CC3)c21. The lowest BCUT2D eigenvalue weighted by Gasteiger charge is -2.38. The summed E-state index contributed by atoms with van der Waals surface area (Å²) in [5, 5.41) is 0. The number of rotatable bonds is 6. The molecule has 0 saturated carbocycles. The maximum absolute atomic E-state index is 12.8. The second-order valence-electron chi connectivity index (χ2n) is 9.37. The average Bonchev–Trinajstić information content (AvgIpc) is 3.36. The van der Waals surface area contributed by atoms with Gasteiger partial charge in [0.2, 0.25) is 11.8 Å². The molecule has 1 aliphatic carbocycles. The molecule has 7 heteroatoms. The zero-order chi connectivity index (χ0) is 24.2. The molecule has 2 aliphatic heterocycles. The van der Waals surface area contributed by atoms with Gasteiger partial charge in [-0.2, -0.15) is 0 Å². The van der Waals surface area contributed by atoms with Crippen molar-refractivity contribution in [2.75, 3.05) is 69.3 Å². The molecule has 3 aliphatic rings. The zero-order valence-corrected chi connectivity index (χ0v) is 20.4. The van der Waals surface area contributed by atoms with Crippen LogP contribution in [-0.4, -0.2) is 81.1 Å². The van der Waals surface area contributed by atoms with E-state index in [9.17, 15) is 9.59 Å².